The lowest BCUT2D eigenvalue weighted by atomic mass is 9.83. The van der Waals surface area contributed by atoms with Crippen LogP contribution in [0.3, 0.4) is 0 Å². The lowest BCUT2D eigenvalue weighted by Gasteiger charge is -2.46. The molecule has 1 aromatic heterocycles. The van der Waals surface area contributed by atoms with E-state index in [0.29, 0.717) is 46.2 Å². The summed E-state index contributed by atoms with van der Waals surface area (Å²) >= 11 is 6.32. The quantitative estimate of drug-likeness (QED) is 0.490. The molecule has 2 atom stereocenters. The molecule has 11 heteroatoms. The number of nitrogens with one attached hydrogen (secondary N) is 1. The number of carboxylic acid groups (broad SMARTS) is 1. The molecular formula is C21H24ClF2N3O5. The summed E-state index contributed by atoms with van der Waals surface area (Å²) in [5.74, 6) is 0.575. The third-order valence-electron chi connectivity index (χ3n) is 5.61. The van der Waals surface area contributed by atoms with Crippen molar-refractivity contribution >= 4 is 23.4 Å². The second-order valence-electron chi connectivity index (χ2n) is 7.59. The number of ether oxygens (including phenoxy) is 1. The van der Waals surface area contributed by atoms with Crippen molar-refractivity contribution in [3.05, 3.63) is 41.0 Å². The van der Waals surface area contributed by atoms with Crippen LogP contribution >= 0.6 is 11.6 Å². The Hall–Kier alpha value is -2.69. The van der Waals surface area contributed by atoms with Crippen molar-refractivity contribution in [2.75, 3.05) is 25.1 Å². The molecule has 0 radical (unpaired) electrons. The van der Waals surface area contributed by atoms with Crippen LogP contribution in [0, 0.1) is 0 Å². The first kappa shape index (κ1) is 24.0. The minimum absolute atomic E-state index is 0.0444. The van der Waals surface area contributed by atoms with Crippen molar-refractivity contribution < 1.29 is 33.6 Å². The number of carbonyl (C=O) groups is 1. The van der Waals surface area contributed by atoms with E-state index in [9.17, 15) is 28.9 Å². The molecule has 0 spiro atoms. The van der Waals surface area contributed by atoms with E-state index in [-0.39, 0.29) is 19.6 Å². The molecule has 0 bridgehead atoms. The molecule has 2 aromatic rings. The zero-order valence-corrected chi connectivity index (χ0v) is 18.0. The lowest BCUT2D eigenvalue weighted by Crippen LogP contribution is -2.66. The van der Waals surface area contributed by atoms with Crippen LogP contribution < -0.4 is 15.0 Å². The molecule has 1 amide bonds. The number of hydrogen-bond acceptors (Lipinski definition) is 6. The van der Waals surface area contributed by atoms with Gasteiger partial charge in [-0.15, -0.1) is 0 Å². The summed E-state index contributed by atoms with van der Waals surface area (Å²) in [6.45, 7) is -0.162. The normalized spacial score (nSPS) is 19.7. The molecule has 1 aromatic carbocycles. The van der Waals surface area contributed by atoms with E-state index in [1.165, 1.54) is 13.3 Å². The average Bonchev–Trinajstić information content (AvgIpc) is 2.77. The second-order valence-corrected chi connectivity index (χ2v) is 8.00. The molecule has 2 unspecified atom stereocenters. The number of alkyl halides is 2. The van der Waals surface area contributed by atoms with E-state index in [1.54, 1.807) is 29.2 Å². The fourth-order valence-corrected chi connectivity index (χ4v) is 4.31. The van der Waals surface area contributed by atoms with Crippen LogP contribution in [-0.2, 0) is 6.61 Å². The topological polar surface area (TPSA) is 115 Å². The summed E-state index contributed by atoms with van der Waals surface area (Å²) in [6.07, 6.45) is -4.95. The number of methoxy groups -OCH3 is 1. The van der Waals surface area contributed by atoms with Crippen molar-refractivity contribution in [1.29, 1.82) is 0 Å². The highest BCUT2D eigenvalue weighted by atomic mass is 35.5. The van der Waals surface area contributed by atoms with Crippen molar-refractivity contribution in [3.8, 4) is 17.0 Å². The van der Waals surface area contributed by atoms with Gasteiger partial charge >= 0.3 is 6.09 Å². The van der Waals surface area contributed by atoms with Crippen LogP contribution in [0.25, 0.3) is 11.3 Å². The Kier molecular flexibility index (Phi) is 7.37. The lowest BCUT2D eigenvalue weighted by molar-refractivity contribution is -0.0627. The van der Waals surface area contributed by atoms with E-state index < -0.39 is 24.2 Å². The maximum atomic E-state index is 13.3. The SMILES string of the molecule is COc1ccc(-c2cc(CO)c(N3CCCC(NC(=O)O)(C(O)C(F)F)C3)cn2)c(Cl)c1. The number of aliphatic hydroxyl groups is 2. The van der Waals surface area contributed by atoms with Gasteiger partial charge in [0.2, 0.25) is 0 Å². The predicted octanol–water partition coefficient (Wildman–Crippen LogP) is 3.14. The van der Waals surface area contributed by atoms with Crippen molar-refractivity contribution in [3.63, 3.8) is 0 Å². The number of pyridine rings is 1. The first-order valence-electron chi connectivity index (χ1n) is 9.86. The van der Waals surface area contributed by atoms with Crippen molar-refractivity contribution in [2.24, 2.45) is 0 Å². The number of halogens is 3. The molecule has 32 heavy (non-hydrogen) atoms. The minimum Gasteiger partial charge on any atom is -0.497 e. The average molecular weight is 472 g/mol. The molecule has 4 N–H and O–H groups in total. The van der Waals surface area contributed by atoms with Gasteiger partial charge in [0.25, 0.3) is 6.43 Å². The van der Waals surface area contributed by atoms with E-state index in [4.69, 9.17) is 16.3 Å². The Balaban J connectivity index is 1.95. The fourth-order valence-electron chi connectivity index (χ4n) is 4.04. The van der Waals surface area contributed by atoms with Gasteiger partial charge in [-0.1, -0.05) is 11.6 Å². The smallest absolute Gasteiger partial charge is 0.405 e. The highest BCUT2D eigenvalue weighted by Gasteiger charge is 2.47. The zero-order chi connectivity index (χ0) is 23.5. The molecule has 174 valence electrons. The van der Waals surface area contributed by atoms with Gasteiger partial charge in [0, 0.05) is 24.2 Å². The Morgan fingerprint density at radius 2 is 2.16 bits per heavy atom. The molecule has 1 aliphatic rings. The maximum Gasteiger partial charge on any atom is 0.405 e. The third-order valence-corrected chi connectivity index (χ3v) is 5.93. The zero-order valence-electron chi connectivity index (χ0n) is 17.3. The third kappa shape index (κ3) is 4.87. The molecule has 8 nitrogen and oxygen atoms in total. The van der Waals surface area contributed by atoms with Crippen LogP contribution in [0.1, 0.15) is 18.4 Å². The summed E-state index contributed by atoms with van der Waals surface area (Å²) in [7, 11) is 1.52. The van der Waals surface area contributed by atoms with Crippen molar-refractivity contribution in [1.82, 2.24) is 10.3 Å². The monoisotopic (exact) mass is 471 g/mol. The van der Waals surface area contributed by atoms with Crippen LogP contribution in [-0.4, -0.2) is 64.7 Å². The molecule has 0 aliphatic carbocycles. The number of piperidine rings is 1. The Labute approximate surface area is 188 Å². The first-order chi connectivity index (χ1) is 15.2. The summed E-state index contributed by atoms with van der Waals surface area (Å²) in [5.41, 5.74) is 0.258. The molecule has 2 heterocycles. The van der Waals surface area contributed by atoms with Crippen LogP contribution in [0.15, 0.2) is 30.5 Å². The van der Waals surface area contributed by atoms with Gasteiger partial charge in [-0.2, -0.15) is 0 Å². The molecule has 0 saturated carbocycles. The number of anilines is 1. The Bertz CT molecular complexity index is 980. The number of aliphatic hydroxyl groups excluding tert-OH is 2. The van der Waals surface area contributed by atoms with E-state index >= 15 is 0 Å². The predicted molar refractivity (Wildman–Crippen MR) is 115 cm³/mol. The summed E-state index contributed by atoms with van der Waals surface area (Å²) in [4.78, 5) is 17.3. The number of rotatable bonds is 7. The van der Waals surface area contributed by atoms with E-state index in [2.05, 4.69) is 10.3 Å². The first-order valence-corrected chi connectivity index (χ1v) is 10.2. The maximum absolute atomic E-state index is 13.3. The molecule has 1 saturated heterocycles. The molecule has 3 rings (SSSR count). The largest absolute Gasteiger partial charge is 0.497 e. The second kappa shape index (κ2) is 9.85. The van der Waals surface area contributed by atoms with Crippen LogP contribution in [0.4, 0.5) is 19.3 Å². The molecule has 1 fully saturated rings. The van der Waals surface area contributed by atoms with Gasteiger partial charge in [-0.3, -0.25) is 4.98 Å². The van der Waals surface area contributed by atoms with E-state index in [1.807, 2.05) is 0 Å². The van der Waals surface area contributed by atoms with E-state index in [0.717, 1.165) is 0 Å². The van der Waals surface area contributed by atoms with Crippen LogP contribution in [0.2, 0.25) is 5.02 Å². The summed E-state index contributed by atoms with van der Waals surface area (Å²) in [6, 6.07) is 6.71. The minimum atomic E-state index is -3.13. The van der Waals surface area contributed by atoms with Gasteiger partial charge in [-0.05, 0) is 37.1 Å². The van der Waals surface area contributed by atoms with Gasteiger partial charge < -0.3 is 30.3 Å². The van der Waals surface area contributed by atoms with Crippen molar-refractivity contribution in [2.45, 2.75) is 37.5 Å². The number of benzene rings is 1. The molecular weight excluding hydrogens is 448 g/mol. The summed E-state index contributed by atoms with van der Waals surface area (Å²) in [5, 5.41) is 31.8. The highest BCUT2D eigenvalue weighted by molar-refractivity contribution is 6.33. The molecule has 1 aliphatic heterocycles. The summed E-state index contributed by atoms with van der Waals surface area (Å²) < 4.78 is 31.8. The number of aromatic nitrogens is 1. The Morgan fingerprint density at radius 3 is 2.75 bits per heavy atom. The number of hydrogen-bond donors (Lipinski definition) is 4. The number of nitrogens with zero attached hydrogens (tertiary/aromatic N) is 2. The highest BCUT2D eigenvalue weighted by Crippen LogP contribution is 2.35. The van der Waals surface area contributed by atoms with Gasteiger partial charge in [0.15, 0.2) is 0 Å². The number of amides is 1. The van der Waals surface area contributed by atoms with Gasteiger partial charge in [0.1, 0.15) is 11.9 Å². The van der Waals surface area contributed by atoms with Gasteiger partial charge in [-0.25, -0.2) is 13.6 Å². The van der Waals surface area contributed by atoms with Crippen LogP contribution in [0.5, 0.6) is 5.75 Å². The Morgan fingerprint density at radius 1 is 1.41 bits per heavy atom. The standard InChI is InChI=1S/C21H24ClF2N3O5/c1-32-13-3-4-14(15(22)8-13)16-7-12(10-28)17(9-25-16)27-6-2-5-21(11-27,26-20(30)31)18(29)19(23)24/h3-4,7-9,18-19,26,28-29H,2,5-6,10-11H2,1H3,(H,30,31). The fraction of sp³-hybridized carbons (Fsp3) is 0.429. The van der Waals surface area contributed by atoms with Gasteiger partial charge in [0.05, 0.1) is 41.9 Å².